The number of rotatable bonds is 7. The van der Waals surface area contributed by atoms with Crippen molar-refractivity contribution in [2.24, 2.45) is 5.10 Å². The van der Waals surface area contributed by atoms with E-state index < -0.39 is 10.8 Å². The van der Waals surface area contributed by atoms with Crippen molar-refractivity contribution in [3.8, 4) is 5.75 Å². The van der Waals surface area contributed by atoms with Gasteiger partial charge in [-0.3, -0.25) is 14.9 Å². The van der Waals surface area contributed by atoms with Crippen molar-refractivity contribution >= 4 is 33.7 Å². The van der Waals surface area contributed by atoms with E-state index in [0.29, 0.717) is 17.9 Å². The molecular formula is C21H16BrN3O4. The number of nitro groups is 1. The van der Waals surface area contributed by atoms with Crippen LogP contribution in [0.4, 0.5) is 5.69 Å². The van der Waals surface area contributed by atoms with Gasteiger partial charge in [0.2, 0.25) is 0 Å². The first-order valence-corrected chi connectivity index (χ1v) is 9.36. The van der Waals surface area contributed by atoms with Crippen LogP contribution in [0.3, 0.4) is 0 Å². The van der Waals surface area contributed by atoms with E-state index in [0.717, 1.165) is 10.0 Å². The van der Waals surface area contributed by atoms with Crippen LogP contribution in [0.2, 0.25) is 0 Å². The molecule has 0 atom stereocenters. The number of para-hydroxylation sites is 1. The fraction of sp³-hybridized carbons (Fsp3) is 0.0476. The van der Waals surface area contributed by atoms with Crippen LogP contribution in [-0.4, -0.2) is 17.0 Å². The van der Waals surface area contributed by atoms with Gasteiger partial charge in [0.25, 0.3) is 11.6 Å². The number of hydrogen-bond donors (Lipinski definition) is 1. The number of hydrazone groups is 1. The maximum absolute atomic E-state index is 12.2. The smallest absolute Gasteiger partial charge is 0.271 e. The minimum absolute atomic E-state index is 0.149. The van der Waals surface area contributed by atoms with E-state index >= 15 is 0 Å². The zero-order valence-corrected chi connectivity index (χ0v) is 16.7. The molecule has 3 aromatic carbocycles. The molecule has 3 rings (SSSR count). The highest BCUT2D eigenvalue weighted by molar-refractivity contribution is 9.10. The number of ether oxygens (including phenoxy) is 1. The number of non-ortho nitro benzene ring substituents is 1. The van der Waals surface area contributed by atoms with E-state index in [1.165, 1.54) is 30.5 Å². The van der Waals surface area contributed by atoms with Gasteiger partial charge in [0.15, 0.2) is 0 Å². The molecule has 0 aliphatic carbocycles. The van der Waals surface area contributed by atoms with E-state index in [2.05, 4.69) is 26.5 Å². The first-order chi connectivity index (χ1) is 14.0. The molecule has 0 aromatic heterocycles. The quantitative estimate of drug-likeness (QED) is 0.318. The van der Waals surface area contributed by atoms with Crippen LogP contribution < -0.4 is 10.2 Å². The summed E-state index contributed by atoms with van der Waals surface area (Å²) in [5.74, 6) is 0.0679. The molecule has 0 heterocycles. The monoisotopic (exact) mass is 453 g/mol. The number of nitrogens with zero attached hydrogens (tertiary/aromatic N) is 2. The Hall–Kier alpha value is -3.52. The molecule has 0 saturated carbocycles. The van der Waals surface area contributed by atoms with E-state index in [1.54, 1.807) is 6.07 Å². The topological polar surface area (TPSA) is 93.8 Å². The van der Waals surface area contributed by atoms with Crippen LogP contribution in [0.5, 0.6) is 5.75 Å². The van der Waals surface area contributed by atoms with E-state index in [9.17, 15) is 14.9 Å². The predicted molar refractivity (Wildman–Crippen MR) is 113 cm³/mol. The summed E-state index contributed by atoms with van der Waals surface area (Å²) in [5, 5.41) is 14.8. The SMILES string of the molecule is O=C(N/N=C/c1ccccc1OCc1cccc(Br)c1)c1cccc([N+](=O)[O-])c1. The van der Waals surface area contributed by atoms with Crippen molar-refractivity contribution in [1.29, 1.82) is 0 Å². The summed E-state index contributed by atoms with van der Waals surface area (Å²) in [6.45, 7) is 0.379. The van der Waals surface area contributed by atoms with Gasteiger partial charge in [-0.2, -0.15) is 5.10 Å². The molecule has 7 nitrogen and oxygen atoms in total. The normalized spacial score (nSPS) is 10.7. The van der Waals surface area contributed by atoms with E-state index in [4.69, 9.17) is 4.74 Å². The average Bonchev–Trinajstić information content (AvgIpc) is 2.73. The number of hydrogen-bond acceptors (Lipinski definition) is 5. The molecule has 146 valence electrons. The zero-order valence-electron chi connectivity index (χ0n) is 15.1. The van der Waals surface area contributed by atoms with Crippen LogP contribution in [0, 0.1) is 10.1 Å². The molecule has 0 saturated heterocycles. The number of nitro benzene ring substituents is 1. The average molecular weight is 454 g/mol. The van der Waals surface area contributed by atoms with E-state index in [1.807, 2.05) is 42.5 Å². The lowest BCUT2D eigenvalue weighted by molar-refractivity contribution is -0.384. The largest absolute Gasteiger partial charge is 0.488 e. The van der Waals surface area contributed by atoms with Crippen molar-refractivity contribution in [1.82, 2.24) is 5.43 Å². The second-order valence-electron chi connectivity index (χ2n) is 5.96. The van der Waals surface area contributed by atoms with Crippen molar-refractivity contribution < 1.29 is 14.5 Å². The van der Waals surface area contributed by atoms with Gasteiger partial charge in [0.05, 0.1) is 11.1 Å². The lowest BCUT2D eigenvalue weighted by Gasteiger charge is -2.09. The third-order valence-corrected chi connectivity index (χ3v) is 4.38. The van der Waals surface area contributed by atoms with Gasteiger partial charge in [0.1, 0.15) is 12.4 Å². The molecule has 0 unspecified atom stereocenters. The number of carbonyl (C=O) groups is 1. The maximum Gasteiger partial charge on any atom is 0.271 e. The summed E-state index contributed by atoms with van der Waals surface area (Å²) in [4.78, 5) is 22.4. The third-order valence-electron chi connectivity index (χ3n) is 3.89. The number of carbonyl (C=O) groups excluding carboxylic acids is 1. The third kappa shape index (κ3) is 5.73. The summed E-state index contributed by atoms with van der Waals surface area (Å²) < 4.78 is 6.83. The van der Waals surface area contributed by atoms with Crippen molar-refractivity contribution in [3.63, 3.8) is 0 Å². The summed E-state index contributed by atoms with van der Waals surface area (Å²) in [5.41, 5.74) is 4.04. The lowest BCUT2D eigenvalue weighted by atomic mass is 10.2. The minimum atomic E-state index is -0.557. The Labute approximate surface area is 175 Å². The van der Waals surface area contributed by atoms with Crippen molar-refractivity contribution in [2.75, 3.05) is 0 Å². The Kier molecular flexibility index (Phi) is 6.70. The maximum atomic E-state index is 12.2. The molecular weight excluding hydrogens is 438 g/mol. The second-order valence-corrected chi connectivity index (χ2v) is 6.88. The van der Waals surface area contributed by atoms with Crippen LogP contribution in [0.25, 0.3) is 0 Å². The molecule has 0 fully saturated rings. The predicted octanol–water partition coefficient (Wildman–Crippen LogP) is 4.70. The Morgan fingerprint density at radius 1 is 1.10 bits per heavy atom. The van der Waals surface area contributed by atoms with Crippen molar-refractivity contribution in [3.05, 3.63) is 104 Å². The van der Waals surface area contributed by atoms with Gasteiger partial charge < -0.3 is 4.74 Å². The number of amides is 1. The van der Waals surface area contributed by atoms with E-state index in [-0.39, 0.29) is 11.3 Å². The number of halogens is 1. The van der Waals surface area contributed by atoms with Gasteiger partial charge in [-0.15, -0.1) is 0 Å². The van der Waals surface area contributed by atoms with Crippen LogP contribution in [0.15, 0.2) is 82.4 Å². The van der Waals surface area contributed by atoms with Crippen LogP contribution in [0.1, 0.15) is 21.5 Å². The Morgan fingerprint density at radius 2 is 1.90 bits per heavy atom. The van der Waals surface area contributed by atoms with Gasteiger partial charge in [-0.25, -0.2) is 5.43 Å². The molecule has 3 aromatic rings. The van der Waals surface area contributed by atoms with Gasteiger partial charge in [0, 0.05) is 27.7 Å². The number of nitrogens with one attached hydrogen (secondary N) is 1. The molecule has 8 heteroatoms. The molecule has 1 amide bonds. The van der Waals surface area contributed by atoms with Crippen LogP contribution >= 0.6 is 15.9 Å². The Balaban J connectivity index is 1.65. The minimum Gasteiger partial charge on any atom is -0.488 e. The van der Waals surface area contributed by atoms with Crippen LogP contribution in [-0.2, 0) is 6.61 Å². The first-order valence-electron chi connectivity index (χ1n) is 8.57. The summed E-state index contributed by atoms with van der Waals surface area (Å²) in [6, 6.07) is 20.5. The second kappa shape index (κ2) is 9.61. The fourth-order valence-electron chi connectivity index (χ4n) is 2.49. The molecule has 29 heavy (non-hydrogen) atoms. The van der Waals surface area contributed by atoms with Gasteiger partial charge in [-0.1, -0.05) is 46.3 Å². The van der Waals surface area contributed by atoms with Crippen molar-refractivity contribution in [2.45, 2.75) is 6.61 Å². The summed E-state index contributed by atoms with van der Waals surface area (Å²) in [6.07, 6.45) is 1.46. The molecule has 0 spiro atoms. The first kappa shape index (κ1) is 20.2. The zero-order chi connectivity index (χ0) is 20.6. The molecule has 0 aliphatic rings. The molecule has 1 N–H and O–H groups in total. The van der Waals surface area contributed by atoms with Gasteiger partial charge in [-0.05, 0) is 35.9 Å². The van der Waals surface area contributed by atoms with Gasteiger partial charge >= 0.3 is 0 Å². The highest BCUT2D eigenvalue weighted by Gasteiger charge is 2.10. The summed E-state index contributed by atoms with van der Waals surface area (Å²) >= 11 is 3.43. The Morgan fingerprint density at radius 3 is 2.69 bits per heavy atom. The Bertz CT molecular complexity index is 1070. The molecule has 0 aliphatic heterocycles. The highest BCUT2D eigenvalue weighted by Crippen LogP contribution is 2.19. The summed E-state index contributed by atoms with van der Waals surface area (Å²) in [7, 11) is 0. The lowest BCUT2D eigenvalue weighted by Crippen LogP contribution is -2.17. The molecule has 0 bridgehead atoms. The fourth-order valence-corrected chi connectivity index (χ4v) is 2.94. The number of benzene rings is 3. The standard InChI is InChI=1S/C21H16BrN3O4/c22-18-8-3-5-15(11-18)14-29-20-10-2-1-6-17(20)13-23-24-21(26)16-7-4-9-19(12-16)25(27)28/h1-13H,14H2,(H,24,26)/b23-13+. The highest BCUT2D eigenvalue weighted by atomic mass is 79.9. The molecule has 0 radical (unpaired) electrons.